The van der Waals surface area contributed by atoms with Crippen molar-refractivity contribution in [1.82, 2.24) is 5.32 Å². The minimum atomic E-state index is -0.663. The Morgan fingerprint density at radius 1 is 0.386 bits per heavy atom. The predicted octanol–water partition coefficient (Wildman–Crippen LogP) is 20.0. The zero-order valence-corrected chi connectivity index (χ0v) is 47.5. The van der Waals surface area contributed by atoms with Crippen LogP contribution in [0.15, 0.2) is 12.2 Å². The molecule has 3 N–H and O–H groups in total. The van der Waals surface area contributed by atoms with Gasteiger partial charge in [0.2, 0.25) is 5.91 Å². The summed E-state index contributed by atoms with van der Waals surface area (Å²) in [6, 6.07) is -0.541. The van der Waals surface area contributed by atoms with Crippen molar-refractivity contribution in [1.29, 1.82) is 0 Å². The molecule has 70 heavy (non-hydrogen) atoms. The van der Waals surface area contributed by atoms with Crippen molar-refractivity contribution in [3.05, 3.63) is 12.2 Å². The van der Waals surface area contributed by atoms with Crippen LogP contribution in [0.4, 0.5) is 0 Å². The van der Waals surface area contributed by atoms with E-state index in [-0.39, 0.29) is 18.5 Å². The lowest BCUT2D eigenvalue weighted by Crippen LogP contribution is -2.45. The van der Waals surface area contributed by atoms with Crippen LogP contribution < -0.4 is 5.32 Å². The fraction of sp³-hybridized carbons (Fsp3) is 0.938. The van der Waals surface area contributed by atoms with E-state index >= 15 is 0 Å². The van der Waals surface area contributed by atoms with Gasteiger partial charge in [-0.25, -0.2) is 0 Å². The van der Waals surface area contributed by atoms with E-state index in [1.165, 1.54) is 283 Å². The maximum Gasteiger partial charge on any atom is 0.305 e. The van der Waals surface area contributed by atoms with Crippen molar-refractivity contribution in [2.75, 3.05) is 13.2 Å². The summed E-state index contributed by atoms with van der Waals surface area (Å²) >= 11 is 0. The third-order valence-corrected chi connectivity index (χ3v) is 15.1. The molecule has 0 aliphatic carbocycles. The SMILES string of the molecule is CCCCCCCC/C=C\CCCCCCCCCCCC(=O)OCCCCCCCCCCCCCCCCCCCCCCCC(=O)NC(CO)C(O)CCCCCCCCCCCCCCC. The molecule has 0 rings (SSSR count). The number of amides is 1. The summed E-state index contributed by atoms with van der Waals surface area (Å²) in [6.07, 6.45) is 72.3. The van der Waals surface area contributed by atoms with Crippen LogP contribution in [-0.4, -0.2) is 47.4 Å². The van der Waals surface area contributed by atoms with E-state index in [4.69, 9.17) is 4.74 Å². The molecule has 6 nitrogen and oxygen atoms in total. The highest BCUT2D eigenvalue weighted by molar-refractivity contribution is 5.76. The van der Waals surface area contributed by atoms with Gasteiger partial charge in [0.05, 0.1) is 25.4 Å². The monoisotopic (exact) mass is 988 g/mol. The lowest BCUT2D eigenvalue weighted by molar-refractivity contribution is -0.143. The first kappa shape index (κ1) is 68.6. The van der Waals surface area contributed by atoms with Gasteiger partial charge in [0.15, 0.2) is 0 Å². The molecule has 2 unspecified atom stereocenters. The van der Waals surface area contributed by atoms with E-state index in [2.05, 4.69) is 31.3 Å². The number of aliphatic hydroxyl groups excluding tert-OH is 2. The number of carbonyl (C=O) groups is 2. The molecular formula is C64H125NO5. The van der Waals surface area contributed by atoms with Crippen LogP contribution in [0.1, 0.15) is 361 Å². The summed E-state index contributed by atoms with van der Waals surface area (Å²) in [5.41, 5.74) is 0. The third-order valence-electron chi connectivity index (χ3n) is 15.1. The van der Waals surface area contributed by atoms with Crippen LogP contribution in [0.25, 0.3) is 0 Å². The normalized spacial score (nSPS) is 12.6. The van der Waals surface area contributed by atoms with Crippen LogP contribution in [0, 0.1) is 0 Å². The number of allylic oxidation sites excluding steroid dienone is 2. The number of hydrogen-bond donors (Lipinski definition) is 3. The number of rotatable bonds is 60. The summed E-state index contributed by atoms with van der Waals surface area (Å²) in [5, 5.41) is 23.3. The average Bonchev–Trinajstić information content (AvgIpc) is 3.36. The first-order valence-electron chi connectivity index (χ1n) is 31.9. The number of hydrogen-bond acceptors (Lipinski definition) is 5. The molecule has 0 bridgehead atoms. The third kappa shape index (κ3) is 55.9. The Hall–Kier alpha value is -1.40. The molecule has 0 saturated heterocycles. The van der Waals surface area contributed by atoms with Crippen LogP contribution in [0.5, 0.6) is 0 Å². The summed E-state index contributed by atoms with van der Waals surface area (Å²) in [7, 11) is 0. The quantitative estimate of drug-likeness (QED) is 0.0321. The number of unbranched alkanes of at least 4 members (excludes halogenated alkanes) is 47. The van der Waals surface area contributed by atoms with Crippen molar-refractivity contribution < 1.29 is 24.5 Å². The summed E-state index contributed by atoms with van der Waals surface area (Å²) in [6.45, 7) is 4.97. The molecule has 0 aromatic carbocycles. The number of nitrogens with one attached hydrogen (secondary N) is 1. The van der Waals surface area contributed by atoms with Gasteiger partial charge in [-0.1, -0.05) is 309 Å². The highest BCUT2D eigenvalue weighted by Crippen LogP contribution is 2.18. The largest absolute Gasteiger partial charge is 0.466 e. The smallest absolute Gasteiger partial charge is 0.305 e. The van der Waals surface area contributed by atoms with Gasteiger partial charge in [0.1, 0.15) is 0 Å². The molecule has 0 radical (unpaired) electrons. The number of ether oxygens (including phenoxy) is 1. The number of aliphatic hydroxyl groups is 2. The second kappa shape index (κ2) is 60.2. The van der Waals surface area contributed by atoms with Gasteiger partial charge in [0.25, 0.3) is 0 Å². The highest BCUT2D eigenvalue weighted by Gasteiger charge is 2.20. The van der Waals surface area contributed by atoms with E-state index in [1.807, 2.05) is 0 Å². The van der Waals surface area contributed by atoms with Gasteiger partial charge < -0.3 is 20.3 Å². The molecule has 2 atom stereocenters. The van der Waals surface area contributed by atoms with E-state index < -0.39 is 12.1 Å². The molecular weight excluding hydrogens is 863 g/mol. The first-order chi connectivity index (χ1) is 34.5. The topological polar surface area (TPSA) is 95.9 Å². The highest BCUT2D eigenvalue weighted by atomic mass is 16.5. The van der Waals surface area contributed by atoms with Gasteiger partial charge in [-0.15, -0.1) is 0 Å². The molecule has 0 aromatic heterocycles. The molecule has 6 heteroatoms. The van der Waals surface area contributed by atoms with Gasteiger partial charge >= 0.3 is 5.97 Å². The average molecular weight is 989 g/mol. The first-order valence-corrected chi connectivity index (χ1v) is 31.9. The van der Waals surface area contributed by atoms with Crippen molar-refractivity contribution in [3.8, 4) is 0 Å². The fourth-order valence-electron chi connectivity index (χ4n) is 10.2. The van der Waals surface area contributed by atoms with Crippen molar-refractivity contribution >= 4 is 11.9 Å². The van der Waals surface area contributed by atoms with Crippen LogP contribution in [0.2, 0.25) is 0 Å². The van der Waals surface area contributed by atoms with Crippen LogP contribution in [0.3, 0.4) is 0 Å². The standard InChI is InChI=1S/C64H125NO5/c1-3-5-7-9-11-13-15-17-18-19-23-27-30-34-38-42-46-50-54-58-64(69)70-59-55-51-47-43-39-35-31-28-25-22-20-21-24-26-29-33-37-41-45-49-53-57-63(68)65-61(60-66)62(67)56-52-48-44-40-36-32-16-14-12-10-8-6-4-2/h17-18,61-62,66-67H,3-16,19-60H2,1-2H3,(H,65,68)/b18-17-. The lowest BCUT2D eigenvalue weighted by atomic mass is 10.0. The molecule has 1 amide bonds. The molecule has 0 aliphatic heterocycles. The Balaban J connectivity index is 3.35. The summed E-state index contributed by atoms with van der Waals surface area (Å²) in [4.78, 5) is 24.6. The molecule has 0 aromatic rings. The van der Waals surface area contributed by atoms with E-state index in [9.17, 15) is 19.8 Å². The maximum atomic E-state index is 12.5. The molecule has 0 heterocycles. The Bertz CT molecular complexity index is 1050. The van der Waals surface area contributed by atoms with Crippen molar-refractivity contribution in [2.24, 2.45) is 0 Å². The zero-order valence-electron chi connectivity index (χ0n) is 47.5. The molecule has 0 saturated carbocycles. The minimum Gasteiger partial charge on any atom is -0.466 e. The van der Waals surface area contributed by atoms with Crippen LogP contribution >= 0.6 is 0 Å². The van der Waals surface area contributed by atoms with E-state index in [0.717, 1.165) is 44.9 Å². The Morgan fingerprint density at radius 2 is 0.671 bits per heavy atom. The Kier molecular flexibility index (Phi) is 59.0. The van der Waals surface area contributed by atoms with E-state index in [0.29, 0.717) is 25.9 Å². The van der Waals surface area contributed by atoms with Gasteiger partial charge in [0, 0.05) is 12.8 Å². The van der Waals surface area contributed by atoms with Gasteiger partial charge in [-0.05, 0) is 51.4 Å². The molecule has 0 fully saturated rings. The fourth-order valence-corrected chi connectivity index (χ4v) is 10.2. The number of carbonyl (C=O) groups excluding carboxylic acids is 2. The second-order valence-electron chi connectivity index (χ2n) is 22.1. The lowest BCUT2D eigenvalue weighted by Gasteiger charge is -2.22. The Morgan fingerprint density at radius 3 is 1.01 bits per heavy atom. The summed E-state index contributed by atoms with van der Waals surface area (Å²) < 4.78 is 5.50. The molecule has 0 spiro atoms. The molecule has 0 aliphatic rings. The van der Waals surface area contributed by atoms with Crippen molar-refractivity contribution in [3.63, 3.8) is 0 Å². The van der Waals surface area contributed by atoms with Crippen molar-refractivity contribution in [2.45, 2.75) is 373 Å². The van der Waals surface area contributed by atoms with Gasteiger partial charge in [-0.2, -0.15) is 0 Å². The number of esters is 1. The summed E-state index contributed by atoms with van der Waals surface area (Å²) in [5.74, 6) is -0.0217. The minimum absolute atomic E-state index is 0.0124. The van der Waals surface area contributed by atoms with E-state index in [1.54, 1.807) is 0 Å². The predicted molar refractivity (Wildman–Crippen MR) is 306 cm³/mol. The zero-order chi connectivity index (χ0) is 50.7. The maximum absolute atomic E-state index is 12.5. The Labute approximate surface area is 438 Å². The van der Waals surface area contributed by atoms with Gasteiger partial charge in [-0.3, -0.25) is 9.59 Å². The molecule has 416 valence electrons. The van der Waals surface area contributed by atoms with Crippen LogP contribution in [-0.2, 0) is 14.3 Å². The second-order valence-corrected chi connectivity index (χ2v) is 22.1.